The van der Waals surface area contributed by atoms with Crippen LogP contribution in [0.25, 0.3) is 0 Å². The van der Waals surface area contributed by atoms with Crippen molar-refractivity contribution in [3.63, 3.8) is 0 Å². The maximum absolute atomic E-state index is 13.0. The molecular weight excluding hydrogens is 426 g/mol. The first-order valence-electron chi connectivity index (χ1n) is 9.57. The average Bonchev–Trinajstić information content (AvgIpc) is 3.13. The minimum atomic E-state index is -0.498. The molecule has 28 heavy (non-hydrogen) atoms. The summed E-state index contributed by atoms with van der Waals surface area (Å²) in [5, 5.41) is 3.36. The summed E-state index contributed by atoms with van der Waals surface area (Å²) in [5.74, 6) is 0.433. The van der Waals surface area contributed by atoms with Crippen LogP contribution in [0, 0.1) is 0 Å². The smallest absolute Gasteiger partial charge is 0.336 e. The molecule has 0 radical (unpaired) electrons. The molecule has 1 aliphatic carbocycles. The molecule has 0 saturated carbocycles. The third-order valence-corrected chi connectivity index (χ3v) is 6.00. The van der Waals surface area contributed by atoms with Crippen molar-refractivity contribution >= 4 is 27.7 Å². The van der Waals surface area contributed by atoms with Crippen molar-refractivity contribution < 1.29 is 23.8 Å². The van der Waals surface area contributed by atoms with Crippen molar-refractivity contribution in [2.45, 2.75) is 45.4 Å². The summed E-state index contributed by atoms with van der Waals surface area (Å²) in [5.41, 5.74) is 3.68. The van der Waals surface area contributed by atoms with Gasteiger partial charge in [-0.3, -0.25) is 4.79 Å². The molecule has 2 aliphatic heterocycles. The third kappa shape index (κ3) is 3.11. The van der Waals surface area contributed by atoms with Crippen LogP contribution in [0.3, 0.4) is 0 Å². The highest BCUT2D eigenvalue weighted by Crippen LogP contribution is 2.48. The van der Waals surface area contributed by atoms with E-state index in [0.717, 1.165) is 34.3 Å². The van der Waals surface area contributed by atoms with Gasteiger partial charge in [0, 0.05) is 33.8 Å². The van der Waals surface area contributed by atoms with Gasteiger partial charge in [0.15, 0.2) is 17.3 Å². The Kier molecular flexibility index (Phi) is 5.19. The molecule has 0 bridgehead atoms. The van der Waals surface area contributed by atoms with Crippen LogP contribution in [0.1, 0.15) is 51.0 Å². The standard InChI is InChI=1S/C21H22BrNO5/c1-3-13-20(21(25)26-4-2)18(19-14(23-13)6-5-7-15(19)24)11-8-16-17(9-12(11)22)28-10-27-16/h8-9,18,23H,3-7,10H2,1-2H3. The van der Waals surface area contributed by atoms with Gasteiger partial charge in [0.25, 0.3) is 0 Å². The van der Waals surface area contributed by atoms with E-state index in [1.165, 1.54) is 0 Å². The van der Waals surface area contributed by atoms with Crippen LogP contribution in [-0.2, 0) is 14.3 Å². The molecule has 1 unspecified atom stereocenters. The first-order valence-corrected chi connectivity index (χ1v) is 10.4. The summed E-state index contributed by atoms with van der Waals surface area (Å²) in [6, 6.07) is 3.70. The molecule has 148 valence electrons. The van der Waals surface area contributed by atoms with E-state index in [2.05, 4.69) is 21.2 Å². The van der Waals surface area contributed by atoms with Crippen molar-refractivity contribution in [3.8, 4) is 11.5 Å². The second-order valence-corrected chi connectivity index (χ2v) is 7.77. The number of allylic oxidation sites excluding steroid dienone is 3. The van der Waals surface area contributed by atoms with Gasteiger partial charge in [-0.25, -0.2) is 4.79 Å². The molecule has 0 aromatic heterocycles. The molecule has 1 N–H and O–H groups in total. The van der Waals surface area contributed by atoms with Gasteiger partial charge in [0.05, 0.1) is 12.2 Å². The summed E-state index contributed by atoms with van der Waals surface area (Å²) >= 11 is 3.61. The number of ether oxygens (including phenoxy) is 3. The summed E-state index contributed by atoms with van der Waals surface area (Å²) in [4.78, 5) is 25.9. The van der Waals surface area contributed by atoms with E-state index in [1.54, 1.807) is 6.92 Å². The van der Waals surface area contributed by atoms with Crippen molar-refractivity contribution in [1.29, 1.82) is 0 Å². The lowest BCUT2D eigenvalue weighted by Gasteiger charge is -2.35. The van der Waals surface area contributed by atoms with Crippen LogP contribution in [0.15, 0.2) is 39.1 Å². The van der Waals surface area contributed by atoms with E-state index in [4.69, 9.17) is 14.2 Å². The van der Waals surface area contributed by atoms with Crippen LogP contribution >= 0.6 is 15.9 Å². The lowest BCUT2D eigenvalue weighted by atomic mass is 9.75. The predicted octanol–water partition coefficient (Wildman–Crippen LogP) is 4.10. The van der Waals surface area contributed by atoms with Crippen molar-refractivity contribution in [2.75, 3.05) is 13.4 Å². The molecule has 7 heteroatoms. The van der Waals surface area contributed by atoms with E-state index in [1.807, 2.05) is 19.1 Å². The number of carbonyl (C=O) groups is 2. The highest BCUT2D eigenvalue weighted by molar-refractivity contribution is 9.10. The van der Waals surface area contributed by atoms with Crippen molar-refractivity contribution in [1.82, 2.24) is 5.32 Å². The molecule has 0 amide bonds. The molecule has 0 fully saturated rings. The number of halogens is 1. The molecule has 1 atom stereocenters. The highest BCUT2D eigenvalue weighted by atomic mass is 79.9. The second kappa shape index (κ2) is 7.62. The Labute approximate surface area is 172 Å². The van der Waals surface area contributed by atoms with Gasteiger partial charge < -0.3 is 19.5 Å². The van der Waals surface area contributed by atoms with Crippen LogP contribution in [-0.4, -0.2) is 25.2 Å². The zero-order valence-corrected chi connectivity index (χ0v) is 17.5. The molecule has 4 rings (SSSR count). The maximum atomic E-state index is 13.0. The molecule has 1 aromatic rings. The Morgan fingerprint density at radius 1 is 1.25 bits per heavy atom. The van der Waals surface area contributed by atoms with Gasteiger partial charge in [-0.05, 0) is 43.9 Å². The van der Waals surface area contributed by atoms with Gasteiger partial charge in [-0.2, -0.15) is 0 Å². The quantitative estimate of drug-likeness (QED) is 0.700. The molecule has 3 aliphatic rings. The Hall–Kier alpha value is -2.28. The predicted molar refractivity (Wildman–Crippen MR) is 106 cm³/mol. The number of ketones is 1. The van der Waals surface area contributed by atoms with Crippen LogP contribution in [0.4, 0.5) is 0 Å². The highest BCUT2D eigenvalue weighted by Gasteiger charge is 2.41. The molecular formula is C21H22BrNO5. The number of dihydropyridines is 1. The zero-order valence-electron chi connectivity index (χ0n) is 15.9. The second-order valence-electron chi connectivity index (χ2n) is 6.92. The van der Waals surface area contributed by atoms with Crippen molar-refractivity contribution in [3.05, 3.63) is 44.7 Å². The summed E-state index contributed by atoms with van der Waals surface area (Å²) in [6.07, 6.45) is 2.72. The van der Waals surface area contributed by atoms with E-state index < -0.39 is 11.9 Å². The third-order valence-electron chi connectivity index (χ3n) is 5.31. The lowest BCUT2D eigenvalue weighted by molar-refractivity contribution is -0.138. The first kappa shape index (κ1) is 19.1. The number of hydrogen-bond acceptors (Lipinski definition) is 6. The molecule has 1 aromatic carbocycles. The van der Waals surface area contributed by atoms with E-state index in [0.29, 0.717) is 35.5 Å². The number of rotatable bonds is 4. The fourth-order valence-electron chi connectivity index (χ4n) is 4.09. The minimum Gasteiger partial charge on any atom is -0.463 e. The fraction of sp³-hybridized carbons (Fsp3) is 0.429. The van der Waals surface area contributed by atoms with Crippen LogP contribution in [0.5, 0.6) is 11.5 Å². The van der Waals surface area contributed by atoms with Crippen molar-refractivity contribution in [2.24, 2.45) is 0 Å². The van der Waals surface area contributed by atoms with Crippen LogP contribution in [0.2, 0.25) is 0 Å². The molecule has 6 nitrogen and oxygen atoms in total. The van der Waals surface area contributed by atoms with Gasteiger partial charge in [0.2, 0.25) is 6.79 Å². The Morgan fingerprint density at radius 3 is 2.71 bits per heavy atom. The minimum absolute atomic E-state index is 0.0697. The Bertz CT molecular complexity index is 918. The van der Waals surface area contributed by atoms with Crippen LogP contribution < -0.4 is 14.8 Å². The van der Waals surface area contributed by atoms with Gasteiger partial charge in [0.1, 0.15) is 0 Å². The van der Waals surface area contributed by atoms with Gasteiger partial charge in [-0.1, -0.05) is 22.9 Å². The van der Waals surface area contributed by atoms with E-state index in [9.17, 15) is 9.59 Å². The fourth-order valence-corrected chi connectivity index (χ4v) is 4.64. The molecule has 0 saturated heterocycles. The number of fused-ring (bicyclic) bond motifs is 1. The topological polar surface area (TPSA) is 73.9 Å². The van der Waals surface area contributed by atoms with E-state index in [-0.39, 0.29) is 19.2 Å². The summed E-state index contributed by atoms with van der Waals surface area (Å²) in [6.45, 7) is 4.20. The van der Waals surface area contributed by atoms with Gasteiger partial charge >= 0.3 is 5.97 Å². The zero-order chi connectivity index (χ0) is 19.8. The number of esters is 1. The Morgan fingerprint density at radius 2 is 2.00 bits per heavy atom. The number of Topliss-reactive ketones (excluding diaryl/α,β-unsaturated/α-hetero) is 1. The van der Waals surface area contributed by atoms with E-state index >= 15 is 0 Å². The maximum Gasteiger partial charge on any atom is 0.336 e. The Balaban J connectivity index is 1.93. The monoisotopic (exact) mass is 447 g/mol. The average molecular weight is 448 g/mol. The molecule has 0 spiro atoms. The number of benzene rings is 1. The summed E-state index contributed by atoms with van der Waals surface area (Å²) < 4.78 is 17.1. The SMILES string of the molecule is CCOC(=O)C1=C(CC)NC2=C(C(=O)CCC2)C1c1cc2c(cc1Br)OCO2. The van der Waals surface area contributed by atoms with Gasteiger partial charge in [-0.15, -0.1) is 0 Å². The molecule has 2 heterocycles. The first-order chi connectivity index (χ1) is 13.5. The number of carbonyl (C=O) groups excluding carboxylic acids is 2. The number of hydrogen-bond donors (Lipinski definition) is 1. The summed E-state index contributed by atoms with van der Waals surface area (Å²) in [7, 11) is 0. The normalized spacial score (nSPS) is 20.8. The lowest BCUT2D eigenvalue weighted by Crippen LogP contribution is -2.35. The largest absolute Gasteiger partial charge is 0.463 e. The number of nitrogens with one attached hydrogen (secondary N) is 1.